The van der Waals surface area contributed by atoms with Gasteiger partial charge in [0.1, 0.15) is 11.9 Å². The fourth-order valence-corrected chi connectivity index (χ4v) is 1.83. The van der Waals surface area contributed by atoms with Crippen LogP contribution < -0.4 is 0 Å². The first-order valence-corrected chi connectivity index (χ1v) is 6.16. The summed E-state index contributed by atoms with van der Waals surface area (Å²) in [7, 11) is 1.93. The zero-order valence-corrected chi connectivity index (χ0v) is 10.7. The third-order valence-electron chi connectivity index (χ3n) is 2.84. The summed E-state index contributed by atoms with van der Waals surface area (Å²) in [5.74, 6) is -0.415. The number of nitriles is 1. The first kappa shape index (κ1) is 14.6. The molecule has 0 aliphatic carbocycles. The molecule has 0 radical (unpaired) electrons. The van der Waals surface area contributed by atoms with Crippen LogP contribution in [0.2, 0.25) is 0 Å². The number of aliphatic hydroxyl groups excluding tert-OH is 1. The van der Waals surface area contributed by atoms with Gasteiger partial charge in [0.25, 0.3) is 0 Å². The van der Waals surface area contributed by atoms with E-state index in [1.807, 2.05) is 18.0 Å². The average molecular weight is 250 g/mol. The van der Waals surface area contributed by atoms with Crippen LogP contribution in [-0.4, -0.2) is 30.2 Å². The van der Waals surface area contributed by atoms with Crippen LogP contribution in [-0.2, 0) is 6.54 Å². The highest BCUT2D eigenvalue weighted by molar-refractivity contribution is 5.34. The van der Waals surface area contributed by atoms with Gasteiger partial charge in [0.15, 0.2) is 0 Å². The summed E-state index contributed by atoms with van der Waals surface area (Å²) in [5.41, 5.74) is 0.653. The summed E-state index contributed by atoms with van der Waals surface area (Å²) >= 11 is 0. The van der Waals surface area contributed by atoms with E-state index >= 15 is 0 Å². The van der Waals surface area contributed by atoms with E-state index in [4.69, 9.17) is 10.4 Å². The summed E-state index contributed by atoms with van der Waals surface area (Å²) in [6.07, 6.45) is 2.77. The van der Waals surface area contributed by atoms with Gasteiger partial charge in [-0.05, 0) is 38.9 Å². The lowest BCUT2D eigenvalue weighted by Gasteiger charge is -2.17. The van der Waals surface area contributed by atoms with Crippen molar-refractivity contribution < 1.29 is 9.50 Å². The van der Waals surface area contributed by atoms with Gasteiger partial charge in [-0.2, -0.15) is 5.26 Å². The summed E-state index contributed by atoms with van der Waals surface area (Å²) in [6, 6.07) is 6.75. The number of rotatable bonds is 7. The Morgan fingerprint density at radius 2 is 2.11 bits per heavy atom. The third kappa shape index (κ3) is 4.44. The lowest BCUT2D eigenvalue weighted by Crippen LogP contribution is -2.20. The fourth-order valence-electron chi connectivity index (χ4n) is 1.83. The molecule has 1 N–H and O–H groups in total. The normalized spacial score (nSPS) is 10.6. The van der Waals surface area contributed by atoms with Gasteiger partial charge in [-0.1, -0.05) is 12.1 Å². The highest BCUT2D eigenvalue weighted by Crippen LogP contribution is 2.14. The molecule has 1 aromatic carbocycles. The van der Waals surface area contributed by atoms with Gasteiger partial charge < -0.3 is 10.0 Å². The lowest BCUT2D eigenvalue weighted by molar-refractivity contribution is 0.270. The van der Waals surface area contributed by atoms with Crippen LogP contribution in [0.15, 0.2) is 18.2 Å². The second kappa shape index (κ2) is 7.80. The molecule has 0 saturated carbocycles. The van der Waals surface area contributed by atoms with E-state index in [1.165, 1.54) is 6.07 Å². The van der Waals surface area contributed by atoms with Gasteiger partial charge in [0.2, 0.25) is 0 Å². The Morgan fingerprint density at radius 3 is 2.78 bits per heavy atom. The number of hydrogen-bond acceptors (Lipinski definition) is 3. The largest absolute Gasteiger partial charge is 0.396 e. The number of nitrogens with zero attached hydrogens (tertiary/aromatic N) is 2. The number of unbranched alkanes of at least 4 members (excludes halogenated alkanes) is 2. The van der Waals surface area contributed by atoms with Crippen molar-refractivity contribution in [1.29, 1.82) is 5.26 Å². The van der Waals surface area contributed by atoms with Crippen molar-refractivity contribution in [2.75, 3.05) is 20.2 Å². The molecule has 3 nitrogen and oxygen atoms in total. The van der Waals surface area contributed by atoms with Gasteiger partial charge in [0.05, 0.1) is 5.56 Å². The van der Waals surface area contributed by atoms with Gasteiger partial charge in [-0.3, -0.25) is 0 Å². The second-order valence-corrected chi connectivity index (χ2v) is 4.41. The Bertz CT molecular complexity index is 415. The SMILES string of the molecule is CN(CCCCCO)Cc1cccc(C#N)c1F. The van der Waals surface area contributed by atoms with Crippen molar-refractivity contribution in [3.8, 4) is 6.07 Å². The predicted octanol–water partition coefficient (Wildman–Crippen LogP) is 2.29. The first-order chi connectivity index (χ1) is 8.69. The molecule has 0 aliphatic rings. The Kier molecular flexibility index (Phi) is 6.34. The fraction of sp³-hybridized carbons (Fsp3) is 0.500. The molecule has 0 amide bonds. The first-order valence-electron chi connectivity index (χ1n) is 6.16. The van der Waals surface area contributed by atoms with Crippen molar-refractivity contribution in [1.82, 2.24) is 4.90 Å². The van der Waals surface area contributed by atoms with Crippen LogP contribution >= 0.6 is 0 Å². The van der Waals surface area contributed by atoms with Crippen molar-refractivity contribution in [3.63, 3.8) is 0 Å². The van der Waals surface area contributed by atoms with E-state index < -0.39 is 5.82 Å². The topological polar surface area (TPSA) is 47.3 Å². The molecule has 0 heterocycles. The van der Waals surface area contributed by atoms with E-state index in [-0.39, 0.29) is 12.2 Å². The molecular weight excluding hydrogens is 231 g/mol. The Morgan fingerprint density at radius 1 is 1.33 bits per heavy atom. The molecule has 18 heavy (non-hydrogen) atoms. The molecule has 0 aromatic heterocycles. The Hall–Kier alpha value is -1.44. The van der Waals surface area contributed by atoms with Crippen LogP contribution in [0.3, 0.4) is 0 Å². The summed E-state index contributed by atoms with van der Waals surface area (Å²) in [4.78, 5) is 2.02. The van der Waals surface area contributed by atoms with Crippen LogP contribution in [0.5, 0.6) is 0 Å². The van der Waals surface area contributed by atoms with E-state index in [2.05, 4.69) is 0 Å². The molecule has 4 heteroatoms. The number of halogens is 1. The van der Waals surface area contributed by atoms with E-state index in [1.54, 1.807) is 12.1 Å². The molecular formula is C14H19FN2O. The molecule has 0 bridgehead atoms. The lowest BCUT2D eigenvalue weighted by atomic mass is 10.1. The minimum absolute atomic E-state index is 0.0983. The standard InChI is InChI=1S/C14H19FN2O/c1-17(8-3-2-4-9-18)11-13-7-5-6-12(10-16)14(13)15/h5-7,18H,2-4,8-9,11H2,1H3. The van der Waals surface area contributed by atoms with Crippen LogP contribution in [0.25, 0.3) is 0 Å². The minimum Gasteiger partial charge on any atom is -0.396 e. The molecule has 0 atom stereocenters. The average Bonchev–Trinajstić information content (AvgIpc) is 2.37. The molecule has 0 spiro atoms. The molecule has 0 saturated heterocycles. The number of hydrogen-bond donors (Lipinski definition) is 1. The maximum absolute atomic E-state index is 13.8. The van der Waals surface area contributed by atoms with Gasteiger partial charge in [0, 0.05) is 18.7 Å². The zero-order chi connectivity index (χ0) is 13.4. The molecule has 98 valence electrons. The number of aliphatic hydroxyl groups is 1. The maximum Gasteiger partial charge on any atom is 0.145 e. The monoisotopic (exact) mass is 250 g/mol. The summed E-state index contributed by atoms with van der Waals surface area (Å²) in [5, 5.41) is 17.4. The summed E-state index contributed by atoms with van der Waals surface area (Å²) < 4.78 is 13.8. The molecule has 1 aromatic rings. The highest BCUT2D eigenvalue weighted by Gasteiger charge is 2.09. The zero-order valence-electron chi connectivity index (χ0n) is 10.7. The molecule has 0 unspecified atom stereocenters. The molecule has 0 fully saturated rings. The van der Waals surface area contributed by atoms with Crippen LogP contribution in [0.1, 0.15) is 30.4 Å². The van der Waals surface area contributed by atoms with Gasteiger partial charge >= 0.3 is 0 Å². The van der Waals surface area contributed by atoms with Crippen molar-refractivity contribution in [2.24, 2.45) is 0 Å². The minimum atomic E-state index is -0.415. The summed E-state index contributed by atoms with van der Waals surface area (Å²) in [6.45, 7) is 1.58. The highest BCUT2D eigenvalue weighted by atomic mass is 19.1. The van der Waals surface area contributed by atoms with Crippen LogP contribution in [0.4, 0.5) is 4.39 Å². The predicted molar refractivity (Wildman–Crippen MR) is 68.4 cm³/mol. The molecule has 0 aliphatic heterocycles. The van der Waals surface area contributed by atoms with Gasteiger partial charge in [-0.15, -0.1) is 0 Å². The third-order valence-corrected chi connectivity index (χ3v) is 2.84. The van der Waals surface area contributed by atoms with E-state index in [0.29, 0.717) is 12.1 Å². The quantitative estimate of drug-likeness (QED) is 0.755. The second-order valence-electron chi connectivity index (χ2n) is 4.41. The van der Waals surface area contributed by atoms with E-state index in [9.17, 15) is 4.39 Å². The Balaban J connectivity index is 2.49. The van der Waals surface area contributed by atoms with Crippen LogP contribution in [0, 0.1) is 17.1 Å². The maximum atomic E-state index is 13.8. The van der Waals surface area contributed by atoms with Crippen molar-refractivity contribution in [3.05, 3.63) is 35.1 Å². The van der Waals surface area contributed by atoms with Gasteiger partial charge in [-0.25, -0.2) is 4.39 Å². The number of benzene rings is 1. The van der Waals surface area contributed by atoms with E-state index in [0.717, 1.165) is 25.8 Å². The van der Waals surface area contributed by atoms with Crippen molar-refractivity contribution >= 4 is 0 Å². The molecule has 1 rings (SSSR count). The van der Waals surface area contributed by atoms with Crippen molar-refractivity contribution in [2.45, 2.75) is 25.8 Å². The smallest absolute Gasteiger partial charge is 0.145 e. The Labute approximate surface area is 107 Å².